The molecule has 0 aromatic heterocycles. The van der Waals surface area contributed by atoms with Crippen molar-refractivity contribution in [3.05, 3.63) is 24.3 Å². The van der Waals surface area contributed by atoms with Gasteiger partial charge in [0.25, 0.3) is 7.82 Å². The average molecular weight is 1040 g/mol. The molecule has 2 atom stereocenters. The Bertz CT molecular complexity index is 1270. The van der Waals surface area contributed by atoms with Crippen LogP contribution in [-0.4, -0.2) is 70.0 Å². The zero-order valence-electron chi connectivity index (χ0n) is 48.4. The lowest BCUT2D eigenvalue weighted by molar-refractivity contribution is -0.870. The van der Waals surface area contributed by atoms with Crippen LogP contribution >= 0.6 is 7.82 Å². The summed E-state index contributed by atoms with van der Waals surface area (Å²) in [6.45, 7) is 4.20. The predicted molar refractivity (Wildman–Crippen MR) is 305 cm³/mol. The second-order valence-corrected chi connectivity index (χ2v) is 23.8. The van der Waals surface area contributed by atoms with Crippen molar-refractivity contribution in [2.24, 2.45) is 0 Å². The van der Waals surface area contributed by atoms with Gasteiger partial charge in [-0.1, -0.05) is 282 Å². The fourth-order valence-corrected chi connectivity index (χ4v) is 9.90. The Morgan fingerprint density at radius 1 is 0.431 bits per heavy atom. The number of rotatable bonds is 58. The minimum Gasteiger partial charge on any atom is -0.756 e. The normalized spacial score (nSPS) is 13.4. The van der Waals surface area contributed by atoms with E-state index in [1.807, 2.05) is 21.1 Å². The lowest BCUT2D eigenvalue weighted by Gasteiger charge is -2.28. The predicted octanol–water partition coefficient (Wildman–Crippen LogP) is 18.7. The topological polar surface area (TPSA) is 111 Å². The first-order chi connectivity index (χ1) is 35.0. The third-order valence-corrected chi connectivity index (χ3v) is 14.9. The van der Waals surface area contributed by atoms with E-state index in [4.69, 9.17) is 18.5 Å². The highest BCUT2D eigenvalue weighted by molar-refractivity contribution is 7.45. The molecule has 9 nitrogen and oxygen atoms in total. The molecule has 0 rings (SSSR count). The third kappa shape index (κ3) is 57.8. The smallest absolute Gasteiger partial charge is 0.306 e. The number of carbonyl (C=O) groups excluding carboxylic acids is 2. The summed E-state index contributed by atoms with van der Waals surface area (Å²) >= 11 is 0. The zero-order chi connectivity index (χ0) is 52.7. The molecule has 0 aliphatic carbocycles. The van der Waals surface area contributed by atoms with E-state index in [0.717, 1.165) is 64.2 Å². The molecule has 0 bridgehead atoms. The summed E-state index contributed by atoms with van der Waals surface area (Å²) in [4.78, 5) is 37.8. The van der Waals surface area contributed by atoms with Crippen molar-refractivity contribution in [2.45, 2.75) is 315 Å². The monoisotopic (exact) mass is 1040 g/mol. The van der Waals surface area contributed by atoms with Crippen molar-refractivity contribution in [3.63, 3.8) is 0 Å². The van der Waals surface area contributed by atoms with Crippen molar-refractivity contribution in [3.8, 4) is 0 Å². The van der Waals surface area contributed by atoms with Crippen LogP contribution in [0.15, 0.2) is 24.3 Å². The molecule has 0 saturated heterocycles. The number of hydrogen-bond donors (Lipinski definition) is 0. The van der Waals surface area contributed by atoms with E-state index in [0.29, 0.717) is 17.4 Å². The number of quaternary nitrogens is 1. The molecule has 0 aliphatic heterocycles. The largest absolute Gasteiger partial charge is 0.756 e. The van der Waals surface area contributed by atoms with Gasteiger partial charge in [0.2, 0.25) is 0 Å². The van der Waals surface area contributed by atoms with Gasteiger partial charge in [0.1, 0.15) is 19.8 Å². The molecule has 426 valence electrons. The number of carbonyl (C=O) groups is 2. The summed E-state index contributed by atoms with van der Waals surface area (Å²) in [5.74, 6) is -0.837. The Kier molecular flexibility index (Phi) is 53.1. The molecule has 0 heterocycles. The summed E-state index contributed by atoms with van der Waals surface area (Å²) < 4.78 is 34.1. The maximum atomic E-state index is 12.7. The van der Waals surface area contributed by atoms with E-state index in [1.54, 1.807) is 0 Å². The summed E-state index contributed by atoms with van der Waals surface area (Å²) in [5.41, 5.74) is 0. The van der Waals surface area contributed by atoms with Gasteiger partial charge in [-0.2, -0.15) is 0 Å². The first kappa shape index (κ1) is 70.5. The van der Waals surface area contributed by atoms with Crippen LogP contribution in [0.3, 0.4) is 0 Å². The first-order valence-corrected chi connectivity index (χ1v) is 32.5. The average Bonchev–Trinajstić information content (AvgIpc) is 3.34. The maximum absolute atomic E-state index is 12.7. The number of allylic oxidation sites excluding steroid dienone is 4. The fourth-order valence-electron chi connectivity index (χ4n) is 9.17. The molecule has 72 heavy (non-hydrogen) atoms. The van der Waals surface area contributed by atoms with E-state index >= 15 is 0 Å². The number of likely N-dealkylation sites (N-methyl/N-ethyl adjacent to an activating group) is 1. The highest BCUT2D eigenvalue weighted by Gasteiger charge is 2.22. The zero-order valence-corrected chi connectivity index (χ0v) is 49.3. The van der Waals surface area contributed by atoms with Gasteiger partial charge in [-0.15, -0.1) is 0 Å². The van der Waals surface area contributed by atoms with E-state index in [-0.39, 0.29) is 32.0 Å². The standard InChI is InChI=1S/C62H120NO8P/c1-6-8-10-12-14-16-18-20-21-22-23-24-25-26-27-28-29-30-31-32-33-34-35-36-37-38-39-40-41-43-44-46-48-50-52-54-61(64)68-58-60(59-70-72(66,67)69-57-56-63(3,4)5)71-62(65)55-53-51-49-47-45-42-19-17-15-13-11-9-7-2/h11,13,17,19,60H,6-10,12,14-16,18,20-59H2,1-5H3/b13-11-,19-17-. The van der Waals surface area contributed by atoms with E-state index in [2.05, 4.69) is 38.2 Å². The van der Waals surface area contributed by atoms with Crippen molar-refractivity contribution in [2.75, 3.05) is 47.5 Å². The molecule has 0 radical (unpaired) electrons. The van der Waals surface area contributed by atoms with E-state index < -0.39 is 26.5 Å². The molecule has 2 unspecified atom stereocenters. The molecule has 0 fully saturated rings. The molecule has 0 amide bonds. The molecule has 0 saturated carbocycles. The van der Waals surface area contributed by atoms with Crippen molar-refractivity contribution < 1.29 is 42.1 Å². The maximum Gasteiger partial charge on any atom is 0.306 e. The SMILES string of the molecule is CCC/C=C\C/C=C\CCCCCCCC(=O)OC(COC(=O)CCCCCCCCCCCCCCCCCCCCCCCCCCCCCCCCCCCCC)COP(=O)([O-])OCC[N+](C)(C)C. The van der Waals surface area contributed by atoms with Crippen LogP contribution in [0.1, 0.15) is 309 Å². The number of hydrogen-bond acceptors (Lipinski definition) is 8. The van der Waals surface area contributed by atoms with Gasteiger partial charge < -0.3 is 27.9 Å². The Morgan fingerprint density at radius 2 is 0.778 bits per heavy atom. The molecule has 0 aromatic rings. The number of ether oxygens (including phenoxy) is 2. The Labute approximate surface area is 447 Å². The van der Waals surface area contributed by atoms with Gasteiger partial charge >= 0.3 is 11.9 Å². The van der Waals surface area contributed by atoms with Gasteiger partial charge in [-0.05, 0) is 38.5 Å². The molecular formula is C62H120NO8P. The number of esters is 2. The molecule has 0 N–H and O–H groups in total. The van der Waals surface area contributed by atoms with Crippen molar-refractivity contribution in [1.82, 2.24) is 0 Å². The van der Waals surface area contributed by atoms with Crippen LogP contribution in [0.25, 0.3) is 0 Å². The van der Waals surface area contributed by atoms with Crippen molar-refractivity contribution >= 4 is 19.8 Å². The summed E-state index contributed by atoms with van der Waals surface area (Å²) in [6.07, 6.45) is 65.6. The number of phosphoric ester groups is 1. The minimum atomic E-state index is -4.63. The summed E-state index contributed by atoms with van der Waals surface area (Å²) in [5, 5.41) is 0. The summed E-state index contributed by atoms with van der Waals surface area (Å²) in [7, 11) is 1.17. The second-order valence-electron chi connectivity index (χ2n) is 22.4. The van der Waals surface area contributed by atoms with Crippen LogP contribution in [0.5, 0.6) is 0 Å². The third-order valence-electron chi connectivity index (χ3n) is 14.0. The summed E-state index contributed by atoms with van der Waals surface area (Å²) in [6, 6.07) is 0. The minimum absolute atomic E-state index is 0.0316. The molecular weight excluding hydrogens is 918 g/mol. The first-order valence-electron chi connectivity index (χ1n) is 31.0. The van der Waals surface area contributed by atoms with E-state index in [1.165, 1.54) is 212 Å². The number of unbranched alkanes of at least 4 members (excludes halogenated alkanes) is 40. The van der Waals surface area contributed by atoms with Gasteiger partial charge in [-0.3, -0.25) is 14.2 Å². The highest BCUT2D eigenvalue weighted by Crippen LogP contribution is 2.38. The lowest BCUT2D eigenvalue weighted by atomic mass is 10.0. The molecule has 10 heteroatoms. The van der Waals surface area contributed by atoms with Crippen molar-refractivity contribution in [1.29, 1.82) is 0 Å². The number of nitrogens with zero attached hydrogens (tertiary/aromatic N) is 1. The molecule has 0 aromatic carbocycles. The molecule has 0 aliphatic rings. The van der Waals surface area contributed by atoms with E-state index in [9.17, 15) is 19.0 Å². The highest BCUT2D eigenvalue weighted by atomic mass is 31.2. The van der Waals surface area contributed by atoms with Crippen LogP contribution in [-0.2, 0) is 32.7 Å². The van der Waals surface area contributed by atoms with Crippen LogP contribution in [0, 0.1) is 0 Å². The van der Waals surface area contributed by atoms with Gasteiger partial charge in [0.05, 0.1) is 27.7 Å². The Balaban J connectivity index is 3.88. The van der Waals surface area contributed by atoms with Crippen LogP contribution in [0.2, 0.25) is 0 Å². The fraction of sp³-hybridized carbons (Fsp3) is 0.903. The van der Waals surface area contributed by atoms with Gasteiger partial charge in [-0.25, -0.2) is 0 Å². The van der Waals surface area contributed by atoms with Crippen LogP contribution in [0.4, 0.5) is 0 Å². The Hall–Kier alpha value is -1.51. The second kappa shape index (κ2) is 54.3. The molecule has 0 spiro atoms. The number of phosphoric acid groups is 1. The van der Waals surface area contributed by atoms with Gasteiger partial charge in [0, 0.05) is 12.8 Å². The Morgan fingerprint density at radius 3 is 1.15 bits per heavy atom. The van der Waals surface area contributed by atoms with Gasteiger partial charge in [0.15, 0.2) is 6.10 Å². The lowest BCUT2D eigenvalue weighted by Crippen LogP contribution is -2.37. The van der Waals surface area contributed by atoms with Crippen LogP contribution < -0.4 is 4.89 Å². The quantitative estimate of drug-likeness (QED) is 0.0195.